The van der Waals surface area contributed by atoms with Gasteiger partial charge in [-0.3, -0.25) is 4.79 Å². The lowest BCUT2D eigenvalue weighted by Gasteiger charge is -2.19. The van der Waals surface area contributed by atoms with Crippen molar-refractivity contribution in [2.45, 2.75) is 0 Å². The van der Waals surface area contributed by atoms with Gasteiger partial charge in [0.15, 0.2) is 11.5 Å². The van der Waals surface area contributed by atoms with E-state index in [0.29, 0.717) is 41.1 Å². The number of halogens is 1. The van der Waals surface area contributed by atoms with Gasteiger partial charge in [0.25, 0.3) is 5.91 Å². The van der Waals surface area contributed by atoms with Crippen molar-refractivity contribution in [1.29, 1.82) is 0 Å². The van der Waals surface area contributed by atoms with Crippen molar-refractivity contribution < 1.29 is 14.3 Å². The molecule has 0 aliphatic carbocycles. The Balaban J connectivity index is 1.50. The maximum Gasteiger partial charge on any atom is 0.274 e. The third-order valence-electron chi connectivity index (χ3n) is 3.81. The second kappa shape index (κ2) is 7.51. The first-order valence-corrected chi connectivity index (χ1v) is 8.62. The van der Waals surface area contributed by atoms with Crippen LogP contribution in [-0.2, 0) is 0 Å². The molecule has 0 atom stereocenters. The van der Waals surface area contributed by atoms with Crippen molar-refractivity contribution in [1.82, 2.24) is 9.97 Å². The summed E-state index contributed by atoms with van der Waals surface area (Å²) < 4.78 is 11.0. The number of benzene rings is 2. The fourth-order valence-electron chi connectivity index (χ4n) is 2.54. The molecular weight excluding hydrogens is 368 g/mol. The van der Waals surface area contributed by atoms with Crippen molar-refractivity contribution in [2.75, 3.05) is 23.8 Å². The number of anilines is 3. The van der Waals surface area contributed by atoms with E-state index in [1.165, 1.54) is 12.3 Å². The molecule has 0 fully saturated rings. The van der Waals surface area contributed by atoms with Gasteiger partial charge < -0.3 is 20.1 Å². The van der Waals surface area contributed by atoms with Crippen LogP contribution in [0.2, 0.25) is 5.02 Å². The van der Waals surface area contributed by atoms with Gasteiger partial charge in [0, 0.05) is 18.0 Å². The number of ether oxygens (including phenoxy) is 2. The minimum atomic E-state index is -0.365. The Morgan fingerprint density at radius 3 is 2.70 bits per heavy atom. The van der Waals surface area contributed by atoms with Gasteiger partial charge in [-0.05, 0) is 30.3 Å². The van der Waals surface area contributed by atoms with Gasteiger partial charge in [-0.25, -0.2) is 9.97 Å². The van der Waals surface area contributed by atoms with Crippen molar-refractivity contribution in [3.05, 3.63) is 65.4 Å². The first-order chi connectivity index (χ1) is 13.2. The molecule has 0 bridgehead atoms. The highest BCUT2D eigenvalue weighted by Crippen LogP contribution is 2.32. The lowest BCUT2D eigenvalue weighted by atomic mass is 10.2. The molecule has 8 heteroatoms. The molecule has 0 saturated heterocycles. The number of nitrogens with one attached hydrogen (secondary N) is 2. The van der Waals surface area contributed by atoms with E-state index < -0.39 is 0 Å². The number of hydrogen-bond donors (Lipinski definition) is 2. The highest BCUT2D eigenvalue weighted by Gasteiger charge is 2.14. The monoisotopic (exact) mass is 382 g/mol. The first-order valence-electron chi connectivity index (χ1n) is 8.25. The molecule has 1 aliphatic rings. The number of rotatable bonds is 4. The molecule has 0 spiro atoms. The van der Waals surface area contributed by atoms with Crippen LogP contribution in [0.15, 0.2) is 54.7 Å². The maximum atomic E-state index is 12.5. The summed E-state index contributed by atoms with van der Waals surface area (Å²) in [5.41, 5.74) is 1.46. The summed E-state index contributed by atoms with van der Waals surface area (Å²) in [4.78, 5) is 20.9. The fraction of sp³-hybridized carbons (Fsp3) is 0.105. The molecule has 2 N–H and O–H groups in total. The van der Waals surface area contributed by atoms with Crippen molar-refractivity contribution in [3.8, 4) is 11.5 Å². The van der Waals surface area contributed by atoms with E-state index in [1.54, 1.807) is 30.3 Å². The van der Waals surface area contributed by atoms with Crippen LogP contribution in [0.3, 0.4) is 0 Å². The minimum Gasteiger partial charge on any atom is -0.486 e. The van der Waals surface area contributed by atoms with Crippen LogP contribution < -0.4 is 20.1 Å². The molecule has 0 saturated carbocycles. The van der Waals surface area contributed by atoms with E-state index in [4.69, 9.17) is 21.1 Å². The molecule has 2 aromatic carbocycles. The van der Waals surface area contributed by atoms with Crippen molar-refractivity contribution in [3.63, 3.8) is 0 Å². The third kappa shape index (κ3) is 3.93. The quantitative estimate of drug-likeness (QED) is 0.711. The number of aromatic nitrogens is 2. The van der Waals surface area contributed by atoms with Gasteiger partial charge in [-0.15, -0.1) is 0 Å². The summed E-state index contributed by atoms with van der Waals surface area (Å²) in [6, 6.07) is 14.0. The standard InChI is InChI=1S/C19H15ClN4O3/c20-13-3-1-2-4-14(13)23-19-21-8-7-15(24-19)18(25)22-12-5-6-16-17(11-12)27-10-9-26-16/h1-8,11H,9-10H2,(H,22,25)(H,21,23,24). The van der Waals surface area contributed by atoms with Crippen LogP contribution in [0.25, 0.3) is 0 Å². The molecule has 3 aromatic rings. The van der Waals surface area contributed by atoms with Gasteiger partial charge in [-0.2, -0.15) is 0 Å². The number of carbonyl (C=O) groups excluding carboxylic acids is 1. The smallest absolute Gasteiger partial charge is 0.274 e. The van der Waals surface area contributed by atoms with Crippen LogP contribution in [0, 0.1) is 0 Å². The summed E-state index contributed by atoms with van der Waals surface area (Å²) in [5, 5.41) is 6.33. The Labute approximate surface area is 160 Å². The Morgan fingerprint density at radius 2 is 1.85 bits per heavy atom. The molecule has 7 nitrogen and oxygen atoms in total. The second-order valence-corrected chi connectivity index (χ2v) is 6.09. The second-order valence-electron chi connectivity index (χ2n) is 5.68. The van der Waals surface area contributed by atoms with Crippen LogP contribution in [0.4, 0.5) is 17.3 Å². The number of fused-ring (bicyclic) bond motifs is 1. The molecule has 1 aliphatic heterocycles. The number of amides is 1. The van der Waals surface area contributed by atoms with E-state index in [-0.39, 0.29) is 17.5 Å². The van der Waals surface area contributed by atoms with Gasteiger partial charge in [0.2, 0.25) is 5.95 Å². The Bertz CT molecular complexity index is 996. The highest BCUT2D eigenvalue weighted by atomic mass is 35.5. The molecular formula is C19H15ClN4O3. The maximum absolute atomic E-state index is 12.5. The fourth-order valence-corrected chi connectivity index (χ4v) is 2.73. The van der Waals surface area contributed by atoms with Crippen LogP contribution in [-0.4, -0.2) is 29.1 Å². The average Bonchev–Trinajstić information content (AvgIpc) is 2.70. The largest absolute Gasteiger partial charge is 0.486 e. The number of para-hydroxylation sites is 1. The summed E-state index contributed by atoms with van der Waals surface area (Å²) in [7, 11) is 0. The zero-order valence-corrected chi connectivity index (χ0v) is 14.9. The minimum absolute atomic E-state index is 0.217. The summed E-state index contributed by atoms with van der Waals surface area (Å²) in [5.74, 6) is 1.17. The topological polar surface area (TPSA) is 85.4 Å². The van der Waals surface area contributed by atoms with Gasteiger partial charge in [0.05, 0.1) is 10.7 Å². The zero-order valence-electron chi connectivity index (χ0n) is 14.1. The van der Waals surface area contributed by atoms with E-state index in [2.05, 4.69) is 20.6 Å². The van der Waals surface area contributed by atoms with E-state index in [9.17, 15) is 4.79 Å². The van der Waals surface area contributed by atoms with Gasteiger partial charge in [0.1, 0.15) is 18.9 Å². The number of nitrogens with zero attached hydrogens (tertiary/aromatic N) is 2. The molecule has 136 valence electrons. The molecule has 0 radical (unpaired) electrons. The number of hydrogen-bond acceptors (Lipinski definition) is 6. The van der Waals surface area contributed by atoms with Crippen LogP contribution >= 0.6 is 11.6 Å². The lowest BCUT2D eigenvalue weighted by molar-refractivity contribution is 0.102. The first kappa shape index (κ1) is 17.1. The van der Waals surface area contributed by atoms with Crippen LogP contribution in [0.1, 0.15) is 10.5 Å². The van der Waals surface area contributed by atoms with Gasteiger partial charge in [-0.1, -0.05) is 23.7 Å². The third-order valence-corrected chi connectivity index (χ3v) is 4.14. The Hall–Kier alpha value is -3.32. The molecule has 2 heterocycles. The molecule has 0 unspecified atom stereocenters. The Kier molecular flexibility index (Phi) is 4.76. The van der Waals surface area contributed by atoms with Crippen molar-refractivity contribution >= 4 is 34.8 Å². The average molecular weight is 383 g/mol. The summed E-state index contributed by atoms with van der Waals surface area (Å²) >= 11 is 6.12. The lowest BCUT2D eigenvalue weighted by Crippen LogP contribution is -2.17. The SMILES string of the molecule is O=C(Nc1ccc2c(c1)OCCO2)c1ccnc(Nc2ccccc2Cl)n1. The zero-order chi connectivity index (χ0) is 18.6. The Morgan fingerprint density at radius 1 is 1.04 bits per heavy atom. The molecule has 1 aromatic heterocycles. The molecule has 4 rings (SSSR count). The van der Waals surface area contributed by atoms with Crippen molar-refractivity contribution in [2.24, 2.45) is 0 Å². The highest BCUT2D eigenvalue weighted by molar-refractivity contribution is 6.33. The number of carbonyl (C=O) groups is 1. The van der Waals surface area contributed by atoms with Crippen LogP contribution in [0.5, 0.6) is 11.5 Å². The van der Waals surface area contributed by atoms with E-state index in [1.807, 2.05) is 12.1 Å². The van der Waals surface area contributed by atoms with E-state index in [0.717, 1.165) is 0 Å². The molecule has 1 amide bonds. The predicted octanol–water partition coefficient (Wildman–Crippen LogP) is 3.90. The normalized spacial score (nSPS) is 12.3. The summed E-state index contributed by atoms with van der Waals surface area (Å²) in [6.45, 7) is 0.994. The predicted molar refractivity (Wildman–Crippen MR) is 102 cm³/mol. The molecule has 27 heavy (non-hydrogen) atoms. The summed E-state index contributed by atoms with van der Waals surface area (Å²) in [6.07, 6.45) is 1.50. The van der Waals surface area contributed by atoms with E-state index >= 15 is 0 Å². The van der Waals surface area contributed by atoms with Gasteiger partial charge >= 0.3 is 0 Å².